The van der Waals surface area contributed by atoms with E-state index in [0.29, 0.717) is 18.9 Å². The zero-order valence-electron chi connectivity index (χ0n) is 13.1. The first-order chi connectivity index (χ1) is 10.2. The number of hydrogen-bond donors (Lipinski definition) is 3. The molecule has 0 amide bonds. The minimum atomic E-state index is 0.0510. The molecule has 1 aliphatic rings. The van der Waals surface area contributed by atoms with Gasteiger partial charge in [0.1, 0.15) is 17.5 Å². The highest BCUT2D eigenvalue weighted by Gasteiger charge is 2.28. The zero-order chi connectivity index (χ0) is 15.2. The molecule has 6 heteroatoms. The monoisotopic (exact) mass is 294 g/mol. The number of hydrogen-bond acceptors (Lipinski definition) is 6. The maximum atomic E-state index is 9.16. The highest BCUT2D eigenvalue weighted by molar-refractivity contribution is 5.58. The van der Waals surface area contributed by atoms with Crippen LogP contribution in [0.5, 0.6) is 0 Å². The van der Waals surface area contributed by atoms with E-state index in [2.05, 4.69) is 27.5 Å². The van der Waals surface area contributed by atoms with Crippen molar-refractivity contribution in [3.8, 4) is 0 Å². The van der Waals surface area contributed by atoms with E-state index in [1.165, 1.54) is 12.8 Å². The largest absolute Gasteiger partial charge is 0.396 e. The van der Waals surface area contributed by atoms with E-state index in [4.69, 9.17) is 9.84 Å². The van der Waals surface area contributed by atoms with Gasteiger partial charge in [-0.15, -0.1) is 0 Å². The van der Waals surface area contributed by atoms with E-state index >= 15 is 0 Å². The second-order valence-corrected chi connectivity index (χ2v) is 5.52. The summed E-state index contributed by atoms with van der Waals surface area (Å²) in [6, 6.07) is 0.0510. The number of nitrogens with one attached hydrogen (secondary N) is 2. The molecule has 0 radical (unpaired) electrons. The predicted molar refractivity (Wildman–Crippen MR) is 83.9 cm³/mol. The molecular weight excluding hydrogens is 268 g/mol. The Morgan fingerprint density at radius 1 is 1.33 bits per heavy atom. The number of aliphatic hydroxyl groups is 1. The van der Waals surface area contributed by atoms with Gasteiger partial charge < -0.3 is 20.5 Å². The van der Waals surface area contributed by atoms with Crippen molar-refractivity contribution >= 4 is 11.6 Å². The molecule has 2 rings (SSSR count). The number of ether oxygens (including phenoxy) is 1. The van der Waals surface area contributed by atoms with Crippen LogP contribution in [0.25, 0.3) is 0 Å². The number of rotatable bonds is 9. The van der Waals surface area contributed by atoms with Gasteiger partial charge in [-0.05, 0) is 33.1 Å². The topological polar surface area (TPSA) is 79.3 Å². The van der Waals surface area contributed by atoms with Crippen molar-refractivity contribution in [2.24, 2.45) is 0 Å². The van der Waals surface area contributed by atoms with Gasteiger partial charge in [0.25, 0.3) is 0 Å². The molecule has 1 heterocycles. The lowest BCUT2D eigenvalue weighted by molar-refractivity contribution is 0.170. The molecule has 1 aromatic heterocycles. The number of anilines is 2. The van der Waals surface area contributed by atoms with Crippen molar-refractivity contribution in [3.63, 3.8) is 0 Å². The molecule has 1 atom stereocenters. The Morgan fingerprint density at radius 3 is 2.62 bits per heavy atom. The highest BCUT2D eigenvalue weighted by Crippen LogP contribution is 2.39. The summed E-state index contributed by atoms with van der Waals surface area (Å²) in [4.78, 5) is 9.32. The van der Waals surface area contributed by atoms with E-state index in [9.17, 15) is 0 Å². The number of aliphatic hydroxyl groups excluding tert-OH is 1. The van der Waals surface area contributed by atoms with Crippen LogP contribution >= 0.6 is 0 Å². The molecule has 118 valence electrons. The fourth-order valence-corrected chi connectivity index (χ4v) is 2.29. The van der Waals surface area contributed by atoms with Gasteiger partial charge in [0.2, 0.25) is 0 Å². The van der Waals surface area contributed by atoms with Crippen LogP contribution in [0.3, 0.4) is 0 Å². The minimum absolute atomic E-state index is 0.0510. The fourth-order valence-electron chi connectivity index (χ4n) is 2.29. The summed E-state index contributed by atoms with van der Waals surface area (Å²) in [5.74, 6) is 3.16. The average Bonchev–Trinajstić information content (AvgIpc) is 3.28. The summed E-state index contributed by atoms with van der Waals surface area (Å²) in [6.45, 7) is 5.57. The van der Waals surface area contributed by atoms with Crippen molar-refractivity contribution in [1.82, 2.24) is 9.97 Å². The van der Waals surface area contributed by atoms with E-state index in [0.717, 1.165) is 29.6 Å². The molecule has 1 unspecified atom stereocenters. The van der Waals surface area contributed by atoms with Crippen LogP contribution < -0.4 is 10.6 Å². The smallest absolute Gasteiger partial charge is 0.136 e. The third-order valence-corrected chi connectivity index (χ3v) is 3.64. The van der Waals surface area contributed by atoms with Crippen LogP contribution in [0, 0.1) is 6.92 Å². The van der Waals surface area contributed by atoms with E-state index in [1.54, 1.807) is 7.11 Å². The first-order valence-electron chi connectivity index (χ1n) is 7.68. The van der Waals surface area contributed by atoms with Gasteiger partial charge >= 0.3 is 0 Å². The Hall–Kier alpha value is -1.40. The summed E-state index contributed by atoms with van der Waals surface area (Å²) < 4.78 is 5.20. The SMILES string of the molecule is CCNc1nc(C2CC2)nc(NC(CCO)COC)c1C. The van der Waals surface area contributed by atoms with Gasteiger partial charge in [0.15, 0.2) is 0 Å². The summed E-state index contributed by atoms with van der Waals surface area (Å²) in [7, 11) is 1.67. The van der Waals surface area contributed by atoms with E-state index in [1.807, 2.05) is 6.92 Å². The Bertz CT molecular complexity index is 457. The first-order valence-corrected chi connectivity index (χ1v) is 7.68. The van der Waals surface area contributed by atoms with Gasteiger partial charge in [-0.1, -0.05) is 0 Å². The van der Waals surface area contributed by atoms with Gasteiger partial charge in [0, 0.05) is 31.7 Å². The standard InChI is InChI=1S/C15H26N4O2/c1-4-16-13-10(2)14(17-12(7-8-20)9-21-3)19-15(18-13)11-5-6-11/h11-12,20H,4-9H2,1-3H3,(H2,16,17,18,19). The van der Waals surface area contributed by atoms with Crippen LogP contribution in [0.2, 0.25) is 0 Å². The Labute approximate surface area is 126 Å². The Morgan fingerprint density at radius 2 is 2.05 bits per heavy atom. The quantitative estimate of drug-likeness (QED) is 0.645. The molecular formula is C15H26N4O2. The molecule has 1 saturated carbocycles. The summed E-state index contributed by atoms with van der Waals surface area (Å²) in [5.41, 5.74) is 1.01. The van der Waals surface area contributed by atoms with Crippen LogP contribution in [-0.2, 0) is 4.74 Å². The van der Waals surface area contributed by atoms with Crippen LogP contribution in [0.4, 0.5) is 11.6 Å². The third-order valence-electron chi connectivity index (χ3n) is 3.64. The summed E-state index contributed by atoms with van der Waals surface area (Å²) >= 11 is 0. The number of aromatic nitrogens is 2. The molecule has 1 fully saturated rings. The van der Waals surface area contributed by atoms with Crippen molar-refractivity contribution in [3.05, 3.63) is 11.4 Å². The number of nitrogens with zero attached hydrogens (tertiary/aromatic N) is 2. The molecule has 1 aromatic rings. The molecule has 3 N–H and O–H groups in total. The summed E-state index contributed by atoms with van der Waals surface area (Å²) in [5, 5.41) is 15.9. The normalized spacial score (nSPS) is 15.8. The van der Waals surface area contributed by atoms with Gasteiger partial charge in [0.05, 0.1) is 12.6 Å². The van der Waals surface area contributed by atoms with Gasteiger partial charge in [-0.25, -0.2) is 9.97 Å². The molecule has 6 nitrogen and oxygen atoms in total. The molecule has 0 saturated heterocycles. The van der Waals surface area contributed by atoms with E-state index in [-0.39, 0.29) is 12.6 Å². The molecule has 1 aliphatic carbocycles. The summed E-state index contributed by atoms with van der Waals surface area (Å²) in [6.07, 6.45) is 2.98. The lowest BCUT2D eigenvalue weighted by Gasteiger charge is -2.20. The second kappa shape index (κ2) is 7.56. The molecule has 0 aliphatic heterocycles. The van der Waals surface area contributed by atoms with Crippen molar-refractivity contribution < 1.29 is 9.84 Å². The van der Waals surface area contributed by atoms with Crippen molar-refractivity contribution in [1.29, 1.82) is 0 Å². The van der Waals surface area contributed by atoms with E-state index < -0.39 is 0 Å². The first kappa shape index (κ1) is 16.0. The fraction of sp³-hybridized carbons (Fsp3) is 0.733. The molecule has 0 bridgehead atoms. The molecule has 21 heavy (non-hydrogen) atoms. The van der Waals surface area contributed by atoms with Gasteiger partial charge in [-0.2, -0.15) is 0 Å². The minimum Gasteiger partial charge on any atom is -0.396 e. The van der Waals surface area contributed by atoms with Crippen LogP contribution in [-0.4, -0.2) is 48.0 Å². The van der Waals surface area contributed by atoms with Crippen LogP contribution in [0.1, 0.15) is 43.5 Å². The van der Waals surface area contributed by atoms with Crippen molar-refractivity contribution in [2.45, 2.75) is 45.1 Å². The molecule has 0 aromatic carbocycles. The average molecular weight is 294 g/mol. The maximum Gasteiger partial charge on any atom is 0.136 e. The second-order valence-electron chi connectivity index (χ2n) is 5.52. The van der Waals surface area contributed by atoms with Crippen LogP contribution in [0.15, 0.2) is 0 Å². The zero-order valence-corrected chi connectivity index (χ0v) is 13.1. The molecule has 0 spiro atoms. The highest BCUT2D eigenvalue weighted by atomic mass is 16.5. The van der Waals surface area contributed by atoms with Gasteiger partial charge in [-0.3, -0.25) is 0 Å². The lowest BCUT2D eigenvalue weighted by Crippen LogP contribution is -2.27. The lowest BCUT2D eigenvalue weighted by atomic mass is 10.2. The Kier molecular flexibility index (Phi) is 5.76. The predicted octanol–water partition coefficient (Wildman–Crippen LogP) is 1.90. The number of methoxy groups -OCH3 is 1. The maximum absolute atomic E-state index is 9.16. The third kappa shape index (κ3) is 4.28. The Balaban J connectivity index is 2.22. The van der Waals surface area contributed by atoms with Crippen molar-refractivity contribution in [2.75, 3.05) is 37.5 Å².